The van der Waals surface area contributed by atoms with Gasteiger partial charge in [0.2, 0.25) is 23.6 Å². The molecule has 10 nitrogen and oxygen atoms in total. The zero-order chi connectivity index (χ0) is 26.4. The van der Waals surface area contributed by atoms with Crippen molar-refractivity contribution in [2.24, 2.45) is 0 Å². The first-order chi connectivity index (χ1) is 18.7. The van der Waals surface area contributed by atoms with Gasteiger partial charge in [-0.25, -0.2) is 0 Å². The fraction of sp³-hybridized carbons (Fsp3) is 0.429. The van der Waals surface area contributed by atoms with Crippen LogP contribution in [0.2, 0.25) is 0 Å². The van der Waals surface area contributed by atoms with Gasteiger partial charge in [0.1, 0.15) is 11.5 Å². The minimum absolute atomic E-state index is 0.465. The second-order valence-electron chi connectivity index (χ2n) is 8.91. The molecule has 0 unspecified atom stereocenters. The van der Waals surface area contributed by atoms with Crippen LogP contribution in [0, 0.1) is 0 Å². The number of aromatic nitrogens is 4. The molecule has 0 radical (unpaired) electrons. The molecular weight excluding hydrogens is 484 g/mol. The molecule has 0 aliphatic carbocycles. The van der Waals surface area contributed by atoms with E-state index in [0.717, 1.165) is 61.4 Å². The monoisotopic (exact) mass is 520 g/mol. The van der Waals surface area contributed by atoms with Gasteiger partial charge in [-0.15, -0.1) is 20.4 Å². The summed E-state index contributed by atoms with van der Waals surface area (Å²) >= 11 is 0. The third-order valence-corrected chi connectivity index (χ3v) is 6.12. The molecule has 0 aliphatic heterocycles. The normalized spacial score (nSPS) is 10.9. The number of benzene rings is 2. The predicted octanol–water partition coefficient (Wildman–Crippen LogP) is 5.82. The second kappa shape index (κ2) is 14.6. The lowest BCUT2D eigenvalue weighted by molar-refractivity contribution is 0.415. The van der Waals surface area contributed by atoms with E-state index in [1.807, 2.05) is 48.5 Å². The van der Waals surface area contributed by atoms with Gasteiger partial charge in [-0.1, -0.05) is 49.9 Å². The smallest absolute Gasteiger partial charge is 0.235 e. The number of nitrogens with one attached hydrogen (secondary N) is 2. The summed E-state index contributed by atoms with van der Waals surface area (Å²) in [5.41, 5.74) is 1.80. The molecule has 2 heterocycles. The molecule has 10 heteroatoms. The number of aryl methyl sites for hydroxylation is 2. The number of methoxy groups -OCH3 is 2. The Bertz CT molecular complexity index is 1150. The molecule has 0 bridgehead atoms. The molecule has 38 heavy (non-hydrogen) atoms. The summed E-state index contributed by atoms with van der Waals surface area (Å²) in [4.78, 5) is 0. The number of hydrogen-bond donors (Lipinski definition) is 2. The van der Waals surface area contributed by atoms with Gasteiger partial charge >= 0.3 is 0 Å². The molecule has 2 aromatic carbocycles. The van der Waals surface area contributed by atoms with Gasteiger partial charge in [-0.05, 0) is 37.1 Å². The number of hydrogen-bond acceptors (Lipinski definition) is 10. The molecular formula is C28H36N6O4. The van der Waals surface area contributed by atoms with Crippen LogP contribution in [0.3, 0.4) is 0 Å². The number of anilines is 2. The summed E-state index contributed by atoms with van der Waals surface area (Å²) in [6.07, 6.45) is 8.29. The van der Waals surface area contributed by atoms with Crippen molar-refractivity contribution in [2.45, 2.75) is 64.5 Å². The van der Waals surface area contributed by atoms with Crippen molar-refractivity contribution >= 4 is 11.4 Å². The Morgan fingerprint density at radius 3 is 1.39 bits per heavy atom. The number of rotatable bonds is 17. The fourth-order valence-corrected chi connectivity index (χ4v) is 4.10. The van der Waals surface area contributed by atoms with E-state index < -0.39 is 0 Å². The first-order valence-corrected chi connectivity index (χ1v) is 13.1. The quantitative estimate of drug-likeness (QED) is 0.165. The summed E-state index contributed by atoms with van der Waals surface area (Å²) < 4.78 is 22.2. The summed E-state index contributed by atoms with van der Waals surface area (Å²) in [7, 11) is 3.30. The maximum absolute atomic E-state index is 5.77. The second-order valence-corrected chi connectivity index (χ2v) is 8.91. The highest BCUT2D eigenvalue weighted by atomic mass is 16.5. The Morgan fingerprint density at radius 2 is 0.947 bits per heavy atom. The lowest BCUT2D eigenvalue weighted by Gasteiger charge is -2.08. The van der Waals surface area contributed by atoms with Crippen LogP contribution in [0.1, 0.15) is 62.1 Å². The van der Waals surface area contributed by atoms with E-state index in [9.17, 15) is 0 Å². The van der Waals surface area contributed by atoms with E-state index in [1.165, 1.54) is 12.8 Å². The van der Waals surface area contributed by atoms with Crippen molar-refractivity contribution in [2.75, 3.05) is 24.9 Å². The predicted molar refractivity (Wildman–Crippen MR) is 144 cm³/mol. The Hall–Kier alpha value is -4.08. The first kappa shape index (κ1) is 27.0. The van der Waals surface area contributed by atoms with E-state index >= 15 is 0 Å². The van der Waals surface area contributed by atoms with E-state index in [4.69, 9.17) is 18.3 Å². The molecule has 2 aromatic heterocycles. The van der Waals surface area contributed by atoms with Gasteiger partial charge in [0.15, 0.2) is 0 Å². The Kier molecular flexibility index (Phi) is 10.4. The van der Waals surface area contributed by atoms with Crippen LogP contribution in [0.4, 0.5) is 11.4 Å². The summed E-state index contributed by atoms with van der Waals surface area (Å²) in [6, 6.07) is 15.5. The molecule has 4 aromatic rings. The van der Waals surface area contributed by atoms with Crippen LogP contribution >= 0.6 is 0 Å². The maximum Gasteiger partial charge on any atom is 0.235 e. The van der Waals surface area contributed by atoms with Gasteiger partial charge in [0, 0.05) is 12.8 Å². The first-order valence-electron chi connectivity index (χ1n) is 13.1. The van der Waals surface area contributed by atoms with E-state index in [-0.39, 0.29) is 0 Å². The zero-order valence-electron chi connectivity index (χ0n) is 22.1. The summed E-state index contributed by atoms with van der Waals surface area (Å²) in [6.45, 7) is 0.931. The maximum atomic E-state index is 5.77. The third-order valence-electron chi connectivity index (χ3n) is 6.12. The fourth-order valence-electron chi connectivity index (χ4n) is 4.10. The molecule has 0 fully saturated rings. The number of para-hydroxylation sites is 4. The SMILES string of the molecule is COc1ccccc1NCc1nnc(CCCCCCCCc2nnc(CNc3ccccc3OC)o2)o1. The van der Waals surface area contributed by atoms with E-state index in [0.29, 0.717) is 36.7 Å². The van der Waals surface area contributed by atoms with Gasteiger partial charge in [-0.2, -0.15) is 0 Å². The van der Waals surface area contributed by atoms with Crippen LogP contribution in [-0.4, -0.2) is 34.6 Å². The average molecular weight is 521 g/mol. The number of ether oxygens (including phenoxy) is 2. The molecule has 2 N–H and O–H groups in total. The van der Waals surface area contributed by atoms with Crippen LogP contribution in [0.5, 0.6) is 11.5 Å². The van der Waals surface area contributed by atoms with Crippen LogP contribution < -0.4 is 20.1 Å². The lowest BCUT2D eigenvalue weighted by atomic mass is 10.1. The van der Waals surface area contributed by atoms with Crippen LogP contribution in [0.25, 0.3) is 0 Å². The highest BCUT2D eigenvalue weighted by molar-refractivity contribution is 5.56. The molecule has 0 aliphatic rings. The molecule has 4 rings (SSSR count). The zero-order valence-corrected chi connectivity index (χ0v) is 22.1. The highest BCUT2D eigenvalue weighted by Crippen LogP contribution is 2.24. The van der Waals surface area contributed by atoms with Gasteiger partial charge in [0.05, 0.1) is 38.7 Å². The molecule has 0 spiro atoms. The average Bonchev–Trinajstić information content (AvgIpc) is 3.62. The number of nitrogens with zero attached hydrogens (tertiary/aromatic N) is 4. The highest BCUT2D eigenvalue weighted by Gasteiger charge is 2.09. The molecule has 0 amide bonds. The Morgan fingerprint density at radius 1 is 0.553 bits per heavy atom. The van der Waals surface area contributed by atoms with Gasteiger partial charge in [0.25, 0.3) is 0 Å². The molecule has 0 saturated carbocycles. The van der Waals surface area contributed by atoms with Crippen LogP contribution in [0.15, 0.2) is 57.4 Å². The van der Waals surface area contributed by atoms with Crippen molar-refractivity contribution in [1.82, 2.24) is 20.4 Å². The number of unbranched alkanes of at least 4 members (excludes halogenated alkanes) is 5. The van der Waals surface area contributed by atoms with Crippen LogP contribution in [-0.2, 0) is 25.9 Å². The van der Waals surface area contributed by atoms with Crippen molar-refractivity contribution in [3.05, 3.63) is 72.1 Å². The largest absolute Gasteiger partial charge is 0.495 e. The van der Waals surface area contributed by atoms with E-state index in [1.54, 1.807) is 14.2 Å². The lowest BCUT2D eigenvalue weighted by Crippen LogP contribution is -2.01. The summed E-state index contributed by atoms with van der Waals surface area (Å²) in [5, 5.41) is 23.2. The Labute approximate surface area is 223 Å². The standard InChI is InChI=1S/C28H36N6O4/c1-35-23-15-11-9-13-21(23)29-19-27-33-31-25(37-27)17-7-5-3-4-6-8-18-26-32-34-28(38-26)20-30-22-14-10-12-16-24(22)36-2/h9-16,29-30H,3-8,17-20H2,1-2H3. The third kappa shape index (κ3) is 8.22. The van der Waals surface area contributed by atoms with Gasteiger partial charge < -0.3 is 28.9 Å². The molecule has 0 atom stereocenters. The van der Waals surface area contributed by atoms with E-state index in [2.05, 4.69) is 31.0 Å². The minimum atomic E-state index is 0.465. The van der Waals surface area contributed by atoms with Gasteiger partial charge in [-0.3, -0.25) is 0 Å². The Balaban J connectivity index is 1.04. The molecule has 0 saturated heterocycles. The van der Waals surface area contributed by atoms with Crippen molar-refractivity contribution in [3.63, 3.8) is 0 Å². The van der Waals surface area contributed by atoms with Crippen molar-refractivity contribution in [3.8, 4) is 11.5 Å². The molecule has 202 valence electrons. The summed E-state index contributed by atoms with van der Waals surface area (Å²) in [5.74, 6) is 4.10. The minimum Gasteiger partial charge on any atom is -0.495 e. The van der Waals surface area contributed by atoms with Crippen molar-refractivity contribution in [1.29, 1.82) is 0 Å². The topological polar surface area (TPSA) is 120 Å². The van der Waals surface area contributed by atoms with Crippen molar-refractivity contribution < 1.29 is 18.3 Å².